The normalized spacial score (nSPS) is 17.3. The van der Waals surface area contributed by atoms with E-state index in [2.05, 4.69) is 57.1 Å². The molecule has 0 spiro atoms. The third-order valence-corrected chi connectivity index (χ3v) is 5.94. The molecule has 6 nitrogen and oxygen atoms in total. The quantitative estimate of drug-likeness (QED) is 0.692. The highest BCUT2D eigenvalue weighted by atomic mass is 32.1. The first-order chi connectivity index (χ1) is 13.3. The Morgan fingerprint density at radius 3 is 2.78 bits per heavy atom. The van der Waals surface area contributed by atoms with Crippen molar-refractivity contribution in [1.82, 2.24) is 9.97 Å². The van der Waals surface area contributed by atoms with Gasteiger partial charge in [-0.05, 0) is 55.0 Å². The molecule has 2 aromatic heterocycles. The first kappa shape index (κ1) is 16.8. The van der Waals surface area contributed by atoms with E-state index in [0.717, 1.165) is 48.0 Å². The Balaban J connectivity index is 1.40. The minimum Gasteiger partial charge on any atom is -0.378 e. The van der Waals surface area contributed by atoms with Gasteiger partial charge in [-0.2, -0.15) is 4.98 Å². The Morgan fingerprint density at radius 1 is 1.15 bits per heavy atom. The molecule has 3 aromatic rings. The SMILES string of the molecule is Cc1cc(Nc2nc(NC3CC3)c3sccc3n2)ccc1N1CCOCC1. The van der Waals surface area contributed by atoms with Gasteiger partial charge in [-0.15, -0.1) is 11.3 Å². The van der Waals surface area contributed by atoms with Gasteiger partial charge >= 0.3 is 0 Å². The van der Waals surface area contributed by atoms with Gasteiger partial charge in [-0.25, -0.2) is 4.98 Å². The molecule has 0 radical (unpaired) electrons. The molecule has 2 fully saturated rings. The van der Waals surface area contributed by atoms with Crippen LogP contribution in [0.5, 0.6) is 0 Å². The fraction of sp³-hybridized carbons (Fsp3) is 0.400. The van der Waals surface area contributed by atoms with E-state index in [0.29, 0.717) is 12.0 Å². The number of benzene rings is 1. The lowest BCUT2D eigenvalue weighted by molar-refractivity contribution is 0.122. The van der Waals surface area contributed by atoms with Crippen molar-refractivity contribution in [3.8, 4) is 0 Å². The summed E-state index contributed by atoms with van der Waals surface area (Å²) in [5, 5.41) is 9.00. The van der Waals surface area contributed by atoms with Crippen LogP contribution in [0.2, 0.25) is 0 Å². The van der Waals surface area contributed by atoms with E-state index in [1.54, 1.807) is 11.3 Å². The zero-order valence-corrected chi connectivity index (χ0v) is 16.2. The topological polar surface area (TPSA) is 62.3 Å². The standard InChI is InChI=1S/C20H23N5OS/c1-13-12-15(4-5-17(13)25-7-9-26-10-8-25)22-20-23-16-6-11-27-18(16)19(24-20)21-14-2-3-14/h4-6,11-12,14H,2-3,7-10H2,1H3,(H2,21,22,23,24). The van der Waals surface area contributed by atoms with E-state index in [9.17, 15) is 0 Å². The van der Waals surface area contributed by atoms with Crippen LogP contribution in [0, 0.1) is 6.92 Å². The first-order valence-electron chi connectivity index (χ1n) is 9.48. The molecule has 0 unspecified atom stereocenters. The number of nitrogens with zero attached hydrogens (tertiary/aromatic N) is 3. The van der Waals surface area contributed by atoms with E-state index < -0.39 is 0 Å². The van der Waals surface area contributed by atoms with Gasteiger partial charge in [0, 0.05) is 30.5 Å². The van der Waals surface area contributed by atoms with Crippen molar-refractivity contribution in [1.29, 1.82) is 0 Å². The van der Waals surface area contributed by atoms with Crippen LogP contribution in [-0.2, 0) is 4.74 Å². The summed E-state index contributed by atoms with van der Waals surface area (Å²) >= 11 is 1.69. The van der Waals surface area contributed by atoms with E-state index in [1.807, 2.05) is 0 Å². The fourth-order valence-electron chi connectivity index (χ4n) is 3.46. The van der Waals surface area contributed by atoms with Gasteiger partial charge in [0.05, 0.1) is 23.4 Å². The first-order valence-corrected chi connectivity index (χ1v) is 10.4. The van der Waals surface area contributed by atoms with Gasteiger partial charge in [0.25, 0.3) is 0 Å². The number of aryl methyl sites for hydroxylation is 1. The van der Waals surface area contributed by atoms with Gasteiger partial charge in [-0.3, -0.25) is 0 Å². The number of aromatic nitrogens is 2. The summed E-state index contributed by atoms with van der Waals surface area (Å²) in [6.45, 7) is 5.64. The molecule has 7 heteroatoms. The highest BCUT2D eigenvalue weighted by Gasteiger charge is 2.23. The molecule has 1 aromatic carbocycles. The average molecular weight is 382 g/mol. The lowest BCUT2D eigenvalue weighted by Gasteiger charge is -2.30. The Hall–Kier alpha value is -2.38. The van der Waals surface area contributed by atoms with Crippen molar-refractivity contribution in [2.75, 3.05) is 41.8 Å². The van der Waals surface area contributed by atoms with Gasteiger partial charge in [-0.1, -0.05) is 0 Å². The van der Waals surface area contributed by atoms with Crippen LogP contribution in [0.4, 0.5) is 23.1 Å². The lowest BCUT2D eigenvalue weighted by atomic mass is 10.1. The summed E-state index contributed by atoms with van der Waals surface area (Å²) in [4.78, 5) is 11.8. The Morgan fingerprint density at radius 2 is 2.00 bits per heavy atom. The second-order valence-corrected chi connectivity index (χ2v) is 8.09. The molecule has 0 amide bonds. The van der Waals surface area contributed by atoms with E-state index in [-0.39, 0.29) is 0 Å². The molecule has 1 aliphatic heterocycles. The Bertz CT molecular complexity index is 962. The molecule has 2 N–H and O–H groups in total. The monoisotopic (exact) mass is 381 g/mol. The van der Waals surface area contributed by atoms with Crippen LogP contribution in [-0.4, -0.2) is 42.3 Å². The van der Waals surface area contributed by atoms with E-state index in [1.165, 1.54) is 24.1 Å². The van der Waals surface area contributed by atoms with Crippen molar-refractivity contribution in [3.63, 3.8) is 0 Å². The van der Waals surface area contributed by atoms with Crippen LogP contribution >= 0.6 is 11.3 Å². The van der Waals surface area contributed by atoms with Crippen LogP contribution < -0.4 is 15.5 Å². The van der Waals surface area contributed by atoms with E-state index >= 15 is 0 Å². The third kappa shape index (κ3) is 3.57. The second kappa shape index (κ2) is 6.98. The molecule has 5 rings (SSSR count). The smallest absolute Gasteiger partial charge is 0.229 e. The average Bonchev–Trinajstić information content (AvgIpc) is 3.36. The molecule has 0 atom stereocenters. The molecule has 1 saturated heterocycles. The van der Waals surface area contributed by atoms with Gasteiger partial charge in [0.2, 0.25) is 5.95 Å². The number of hydrogen-bond acceptors (Lipinski definition) is 7. The molecule has 3 heterocycles. The number of hydrogen-bond donors (Lipinski definition) is 2. The maximum absolute atomic E-state index is 5.46. The number of thiophene rings is 1. The summed E-state index contributed by atoms with van der Waals surface area (Å²) in [6, 6.07) is 9.06. The largest absolute Gasteiger partial charge is 0.378 e. The summed E-state index contributed by atoms with van der Waals surface area (Å²) in [5.41, 5.74) is 4.52. The zero-order chi connectivity index (χ0) is 18.2. The molecule has 0 bridgehead atoms. The van der Waals surface area contributed by atoms with Gasteiger partial charge in [0.1, 0.15) is 5.82 Å². The van der Waals surface area contributed by atoms with Crippen LogP contribution in [0.3, 0.4) is 0 Å². The number of anilines is 4. The highest BCUT2D eigenvalue weighted by molar-refractivity contribution is 7.17. The van der Waals surface area contributed by atoms with Gasteiger partial charge < -0.3 is 20.3 Å². The maximum Gasteiger partial charge on any atom is 0.229 e. The molecule has 1 aliphatic carbocycles. The van der Waals surface area contributed by atoms with Crippen molar-refractivity contribution in [2.45, 2.75) is 25.8 Å². The molecule has 2 aliphatic rings. The summed E-state index contributed by atoms with van der Waals surface area (Å²) in [6.07, 6.45) is 2.45. The number of morpholine rings is 1. The third-order valence-electron chi connectivity index (χ3n) is 5.03. The van der Waals surface area contributed by atoms with Crippen LogP contribution in [0.15, 0.2) is 29.6 Å². The predicted molar refractivity (Wildman–Crippen MR) is 112 cm³/mol. The summed E-state index contributed by atoms with van der Waals surface area (Å²) in [5.74, 6) is 1.59. The van der Waals surface area contributed by atoms with E-state index in [4.69, 9.17) is 9.72 Å². The lowest BCUT2D eigenvalue weighted by Crippen LogP contribution is -2.36. The minimum absolute atomic E-state index is 0.563. The van der Waals surface area contributed by atoms with Gasteiger partial charge in [0.15, 0.2) is 0 Å². The van der Waals surface area contributed by atoms with Crippen LogP contribution in [0.25, 0.3) is 10.2 Å². The number of fused-ring (bicyclic) bond motifs is 1. The predicted octanol–water partition coefficient (Wildman–Crippen LogP) is 4.15. The molecular formula is C20H23N5OS. The van der Waals surface area contributed by atoms with Crippen molar-refractivity contribution in [2.24, 2.45) is 0 Å². The fourth-order valence-corrected chi connectivity index (χ4v) is 4.24. The molecule has 1 saturated carbocycles. The number of nitrogens with one attached hydrogen (secondary N) is 2. The minimum atomic E-state index is 0.563. The Labute approximate surface area is 162 Å². The number of rotatable bonds is 5. The highest BCUT2D eigenvalue weighted by Crippen LogP contribution is 2.33. The van der Waals surface area contributed by atoms with Crippen molar-refractivity contribution in [3.05, 3.63) is 35.2 Å². The summed E-state index contributed by atoms with van der Waals surface area (Å²) in [7, 11) is 0. The molecule has 27 heavy (non-hydrogen) atoms. The second-order valence-electron chi connectivity index (χ2n) is 7.18. The van der Waals surface area contributed by atoms with Crippen molar-refractivity contribution >= 4 is 44.7 Å². The zero-order valence-electron chi connectivity index (χ0n) is 15.4. The van der Waals surface area contributed by atoms with Crippen molar-refractivity contribution < 1.29 is 4.74 Å². The molecule has 140 valence electrons. The number of ether oxygens (including phenoxy) is 1. The maximum atomic E-state index is 5.46. The molecular weight excluding hydrogens is 358 g/mol. The summed E-state index contributed by atoms with van der Waals surface area (Å²) < 4.78 is 6.59. The van der Waals surface area contributed by atoms with Crippen LogP contribution in [0.1, 0.15) is 18.4 Å². The Kier molecular flexibility index (Phi) is 4.33.